The number of nitrogens with zero attached hydrogens (tertiary/aromatic N) is 1. The minimum Gasteiger partial charge on any atom is -0.341 e. The summed E-state index contributed by atoms with van der Waals surface area (Å²) in [6, 6.07) is -0.375. The van der Waals surface area contributed by atoms with Gasteiger partial charge < -0.3 is 10.6 Å². The Kier molecular flexibility index (Phi) is 6.66. The van der Waals surface area contributed by atoms with E-state index in [4.69, 9.17) is 5.73 Å². The van der Waals surface area contributed by atoms with Gasteiger partial charge >= 0.3 is 0 Å². The Morgan fingerprint density at radius 3 is 2.39 bits per heavy atom. The summed E-state index contributed by atoms with van der Waals surface area (Å²) in [5, 5.41) is 0. The fourth-order valence-corrected chi connectivity index (χ4v) is 2.46. The number of hydrogen-bond acceptors (Lipinski definition) is 2. The molecule has 1 heterocycles. The van der Waals surface area contributed by atoms with E-state index in [9.17, 15) is 4.79 Å². The maximum atomic E-state index is 12.2. The highest BCUT2D eigenvalue weighted by atomic mass is 35.5. The first-order chi connectivity index (χ1) is 7.71. The van der Waals surface area contributed by atoms with Gasteiger partial charge in [-0.05, 0) is 30.1 Å². The van der Waals surface area contributed by atoms with Crippen LogP contribution in [0.4, 0.5) is 0 Å². The van der Waals surface area contributed by atoms with Gasteiger partial charge in [0.15, 0.2) is 0 Å². The Labute approximate surface area is 118 Å². The molecule has 0 aliphatic carbocycles. The zero-order valence-corrected chi connectivity index (χ0v) is 13.2. The van der Waals surface area contributed by atoms with Crippen molar-refractivity contribution in [1.29, 1.82) is 0 Å². The van der Waals surface area contributed by atoms with E-state index in [2.05, 4.69) is 13.8 Å². The molecule has 1 aliphatic heterocycles. The molecule has 3 nitrogen and oxygen atoms in total. The van der Waals surface area contributed by atoms with Gasteiger partial charge in [-0.25, -0.2) is 0 Å². The smallest absolute Gasteiger partial charge is 0.240 e. The molecule has 18 heavy (non-hydrogen) atoms. The van der Waals surface area contributed by atoms with E-state index in [1.165, 1.54) is 6.42 Å². The van der Waals surface area contributed by atoms with E-state index in [1.807, 2.05) is 25.7 Å². The first-order valence-electron chi connectivity index (χ1n) is 6.76. The fourth-order valence-electron chi connectivity index (χ4n) is 2.46. The van der Waals surface area contributed by atoms with Gasteiger partial charge in [0, 0.05) is 13.1 Å². The zero-order chi connectivity index (χ0) is 13.2. The van der Waals surface area contributed by atoms with Crippen LogP contribution < -0.4 is 5.73 Å². The molecule has 0 saturated carbocycles. The molecule has 1 unspecified atom stereocenters. The second kappa shape index (κ2) is 6.76. The van der Waals surface area contributed by atoms with Gasteiger partial charge in [-0.2, -0.15) is 0 Å². The van der Waals surface area contributed by atoms with Crippen LogP contribution in [-0.4, -0.2) is 29.9 Å². The average molecular weight is 277 g/mol. The van der Waals surface area contributed by atoms with Crippen molar-refractivity contribution in [2.75, 3.05) is 13.1 Å². The van der Waals surface area contributed by atoms with Crippen LogP contribution in [0.25, 0.3) is 0 Å². The highest BCUT2D eigenvalue weighted by Gasteiger charge is 2.34. The summed E-state index contributed by atoms with van der Waals surface area (Å²) in [5.74, 6) is 1.52. The van der Waals surface area contributed by atoms with E-state index in [0.29, 0.717) is 11.8 Å². The van der Waals surface area contributed by atoms with Crippen molar-refractivity contribution in [3.8, 4) is 0 Å². The third kappa shape index (κ3) is 4.77. The van der Waals surface area contributed by atoms with Crippen LogP contribution >= 0.6 is 12.4 Å². The second-order valence-electron chi connectivity index (χ2n) is 6.91. The number of hydrogen-bond donors (Lipinski definition) is 1. The molecular weight excluding hydrogens is 248 g/mol. The van der Waals surface area contributed by atoms with E-state index in [0.717, 1.165) is 19.5 Å². The Morgan fingerprint density at radius 2 is 1.94 bits per heavy atom. The third-order valence-electron chi connectivity index (χ3n) is 3.60. The van der Waals surface area contributed by atoms with Crippen LogP contribution in [0, 0.1) is 17.3 Å². The summed E-state index contributed by atoms with van der Waals surface area (Å²) in [6.45, 7) is 12.4. The minimum absolute atomic E-state index is 0. The summed E-state index contributed by atoms with van der Waals surface area (Å²) in [7, 11) is 0. The maximum Gasteiger partial charge on any atom is 0.240 e. The number of carbonyl (C=O) groups excluding carboxylic acids is 1. The van der Waals surface area contributed by atoms with Crippen molar-refractivity contribution in [2.24, 2.45) is 23.0 Å². The molecule has 1 rings (SSSR count). The van der Waals surface area contributed by atoms with Gasteiger partial charge in [-0.15, -0.1) is 12.4 Å². The summed E-state index contributed by atoms with van der Waals surface area (Å²) in [5.41, 5.74) is 5.88. The van der Waals surface area contributed by atoms with Crippen molar-refractivity contribution >= 4 is 18.3 Å². The number of carbonyl (C=O) groups is 1. The highest BCUT2D eigenvalue weighted by Crippen LogP contribution is 2.26. The van der Waals surface area contributed by atoms with E-state index < -0.39 is 0 Å². The topological polar surface area (TPSA) is 46.3 Å². The molecule has 0 aromatic carbocycles. The number of rotatable bonds is 3. The van der Waals surface area contributed by atoms with Crippen molar-refractivity contribution < 1.29 is 4.79 Å². The van der Waals surface area contributed by atoms with Crippen LogP contribution in [0.2, 0.25) is 0 Å². The average Bonchev–Trinajstić information content (AvgIpc) is 2.61. The minimum atomic E-state index is -0.375. The van der Waals surface area contributed by atoms with Crippen LogP contribution in [0.15, 0.2) is 0 Å². The number of amides is 1. The lowest BCUT2D eigenvalue weighted by molar-refractivity contribution is -0.134. The molecule has 0 aromatic heterocycles. The predicted octanol–water partition coefficient (Wildman–Crippen LogP) is 2.68. The van der Waals surface area contributed by atoms with Gasteiger partial charge in [0.25, 0.3) is 0 Å². The van der Waals surface area contributed by atoms with Crippen molar-refractivity contribution in [3.05, 3.63) is 0 Å². The highest BCUT2D eigenvalue weighted by molar-refractivity contribution is 5.85. The molecule has 0 bridgehead atoms. The van der Waals surface area contributed by atoms with Crippen molar-refractivity contribution in [3.63, 3.8) is 0 Å². The largest absolute Gasteiger partial charge is 0.341 e. The van der Waals surface area contributed by atoms with Gasteiger partial charge in [-0.3, -0.25) is 4.79 Å². The molecule has 1 aliphatic rings. The Balaban J connectivity index is 0.00000289. The lowest BCUT2D eigenvalue weighted by atomic mass is 9.86. The molecule has 0 aromatic rings. The molecule has 4 heteroatoms. The Morgan fingerprint density at radius 1 is 1.39 bits per heavy atom. The number of likely N-dealkylation sites (tertiary alicyclic amines) is 1. The lowest BCUT2D eigenvalue weighted by Crippen LogP contribution is -2.49. The first-order valence-corrected chi connectivity index (χ1v) is 6.76. The molecule has 1 saturated heterocycles. The van der Waals surface area contributed by atoms with Crippen molar-refractivity contribution in [1.82, 2.24) is 4.90 Å². The molecule has 1 fully saturated rings. The van der Waals surface area contributed by atoms with Gasteiger partial charge in [0.1, 0.15) is 0 Å². The summed E-state index contributed by atoms with van der Waals surface area (Å²) < 4.78 is 0. The summed E-state index contributed by atoms with van der Waals surface area (Å²) >= 11 is 0. The van der Waals surface area contributed by atoms with Gasteiger partial charge in [0.2, 0.25) is 5.91 Å². The van der Waals surface area contributed by atoms with Crippen LogP contribution in [0.5, 0.6) is 0 Å². The molecular formula is C14H29ClN2O. The second-order valence-corrected chi connectivity index (χ2v) is 6.91. The van der Waals surface area contributed by atoms with Crippen molar-refractivity contribution in [2.45, 2.75) is 53.5 Å². The third-order valence-corrected chi connectivity index (χ3v) is 3.60. The van der Waals surface area contributed by atoms with E-state index >= 15 is 0 Å². The normalized spacial score (nSPS) is 21.9. The number of halogens is 1. The monoisotopic (exact) mass is 276 g/mol. The Bertz CT molecular complexity index is 273. The fraction of sp³-hybridized carbons (Fsp3) is 0.929. The molecule has 108 valence electrons. The standard InChI is InChI=1S/C14H28N2O.ClH/c1-10(2)8-11-6-7-16(9-11)13(17)12(15)14(3,4)5;/h10-12H,6-9,15H2,1-5H3;1H/t11?,12-;/m1./s1. The maximum absolute atomic E-state index is 12.2. The molecule has 0 radical (unpaired) electrons. The SMILES string of the molecule is CC(C)CC1CCN(C(=O)[C@@H](N)C(C)(C)C)C1.Cl. The van der Waals surface area contributed by atoms with E-state index in [1.54, 1.807) is 0 Å². The predicted molar refractivity (Wildman–Crippen MR) is 78.8 cm³/mol. The Hall–Kier alpha value is -0.280. The first kappa shape index (κ1) is 17.7. The van der Waals surface area contributed by atoms with Gasteiger partial charge in [-0.1, -0.05) is 34.6 Å². The molecule has 0 spiro atoms. The lowest BCUT2D eigenvalue weighted by Gasteiger charge is -2.30. The van der Waals surface area contributed by atoms with Crippen LogP contribution in [0.3, 0.4) is 0 Å². The molecule has 2 atom stereocenters. The van der Waals surface area contributed by atoms with Gasteiger partial charge in [0.05, 0.1) is 6.04 Å². The molecule has 1 amide bonds. The number of nitrogens with two attached hydrogens (primary N) is 1. The quantitative estimate of drug-likeness (QED) is 0.861. The zero-order valence-electron chi connectivity index (χ0n) is 12.4. The van der Waals surface area contributed by atoms with E-state index in [-0.39, 0.29) is 29.8 Å². The van der Waals surface area contributed by atoms with Crippen LogP contribution in [-0.2, 0) is 4.79 Å². The van der Waals surface area contributed by atoms with Crippen LogP contribution in [0.1, 0.15) is 47.5 Å². The molecule has 2 N–H and O–H groups in total. The summed E-state index contributed by atoms with van der Waals surface area (Å²) in [4.78, 5) is 14.2. The summed E-state index contributed by atoms with van der Waals surface area (Å²) in [6.07, 6.45) is 2.36.